The van der Waals surface area contributed by atoms with Crippen LogP contribution in [0.25, 0.3) is 0 Å². The van der Waals surface area contributed by atoms with Crippen LogP contribution < -0.4 is 0 Å². The lowest BCUT2D eigenvalue weighted by Gasteiger charge is -2.34. The molecule has 1 aromatic carbocycles. The molecule has 21 heavy (non-hydrogen) atoms. The number of hydrogen-bond acceptors (Lipinski definition) is 3. The van der Waals surface area contributed by atoms with Crippen molar-refractivity contribution in [2.75, 3.05) is 0 Å². The van der Waals surface area contributed by atoms with Gasteiger partial charge in [0.2, 0.25) is 0 Å². The molecule has 0 N–H and O–H groups in total. The second-order valence-corrected chi connectivity index (χ2v) is 7.23. The van der Waals surface area contributed by atoms with Crippen LogP contribution in [0.3, 0.4) is 0 Å². The van der Waals surface area contributed by atoms with Crippen LogP contribution in [0.4, 0.5) is 0 Å². The van der Waals surface area contributed by atoms with Crippen molar-refractivity contribution in [3.05, 3.63) is 35.4 Å². The van der Waals surface area contributed by atoms with Crippen LogP contribution in [0.5, 0.6) is 0 Å². The van der Waals surface area contributed by atoms with Crippen molar-refractivity contribution in [2.24, 2.45) is 21.9 Å². The van der Waals surface area contributed by atoms with Gasteiger partial charge in [-0.3, -0.25) is 0 Å². The van der Waals surface area contributed by atoms with Crippen LogP contribution in [0.1, 0.15) is 56.0 Å². The van der Waals surface area contributed by atoms with Crippen LogP contribution in [-0.4, -0.2) is 11.7 Å². The predicted molar refractivity (Wildman–Crippen MR) is 83.3 cm³/mol. The minimum absolute atomic E-state index is 0.0731. The van der Waals surface area contributed by atoms with Crippen LogP contribution in [0.15, 0.2) is 29.4 Å². The van der Waals surface area contributed by atoms with Gasteiger partial charge < -0.3 is 4.84 Å². The lowest BCUT2D eigenvalue weighted by atomic mass is 9.70. The molecule has 0 radical (unpaired) electrons. The standard InChI is InChI=1S/C18H23NO2/c1-12-7-5-6-8-14(12)16(20)21-19-15-11-13-9-10-18(15,4)17(13,2)3/h5-8,13H,9-11H2,1-4H3. The highest BCUT2D eigenvalue weighted by Gasteiger charge is 2.60. The summed E-state index contributed by atoms with van der Waals surface area (Å²) >= 11 is 0. The molecule has 112 valence electrons. The van der Waals surface area contributed by atoms with Crippen LogP contribution >= 0.6 is 0 Å². The van der Waals surface area contributed by atoms with E-state index in [4.69, 9.17) is 4.84 Å². The van der Waals surface area contributed by atoms with E-state index in [0.717, 1.165) is 24.1 Å². The molecule has 3 heteroatoms. The van der Waals surface area contributed by atoms with Crippen LogP contribution in [0, 0.1) is 23.7 Å². The van der Waals surface area contributed by atoms with E-state index in [2.05, 4.69) is 25.9 Å². The van der Waals surface area contributed by atoms with Gasteiger partial charge in [0, 0.05) is 5.41 Å². The molecule has 2 unspecified atom stereocenters. The highest BCUT2D eigenvalue weighted by atomic mass is 16.7. The monoisotopic (exact) mass is 285 g/mol. The number of carbonyl (C=O) groups is 1. The molecule has 0 aromatic heterocycles. The van der Waals surface area contributed by atoms with Crippen molar-refractivity contribution in [3.63, 3.8) is 0 Å². The van der Waals surface area contributed by atoms with E-state index in [-0.39, 0.29) is 16.8 Å². The van der Waals surface area contributed by atoms with Gasteiger partial charge in [-0.15, -0.1) is 0 Å². The summed E-state index contributed by atoms with van der Waals surface area (Å²) in [6.07, 6.45) is 3.37. The van der Waals surface area contributed by atoms with Crippen LogP contribution in [-0.2, 0) is 4.84 Å². The Labute approximate surface area is 126 Å². The van der Waals surface area contributed by atoms with E-state index in [1.165, 1.54) is 6.42 Å². The zero-order valence-electron chi connectivity index (χ0n) is 13.3. The molecule has 2 aliphatic carbocycles. The number of rotatable bonds is 2. The van der Waals surface area contributed by atoms with Gasteiger partial charge in [-0.1, -0.05) is 44.1 Å². The Morgan fingerprint density at radius 2 is 2.00 bits per heavy atom. The Morgan fingerprint density at radius 1 is 1.29 bits per heavy atom. The molecule has 0 spiro atoms. The summed E-state index contributed by atoms with van der Waals surface area (Å²) in [5, 5.41) is 4.26. The Bertz CT molecular complexity index is 617. The number of oxime groups is 1. The van der Waals surface area contributed by atoms with Gasteiger partial charge in [0.05, 0.1) is 11.3 Å². The zero-order chi connectivity index (χ0) is 15.3. The van der Waals surface area contributed by atoms with E-state index >= 15 is 0 Å². The fourth-order valence-corrected chi connectivity index (χ4v) is 4.01. The average Bonchev–Trinajstić information content (AvgIpc) is 2.78. The fraction of sp³-hybridized carbons (Fsp3) is 0.556. The molecule has 0 amide bonds. The molecule has 2 fully saturated rings. The van der Waals surface area contributed by atoms with Gasteiger partial charge in [0.1, 0.15) is 0 Å². The first kappa shape index (κ1) is 14.3. The molecule has 3 rings (SSSR count). The van der Waals surface area contributed by atoms with E-state index in [9.17, 15) is 4.79 Å². The van der Waals surface area contributed by atoms with Gasteiger partial charge in [0.15, 0.2) is 0 Å². The largest absolute Gasteiger partial charge is 0.365 e. The molecule has 2 bridgehead atoms. The maximum Gasteiger partial charge on any atom is 0.365 e. The number of hydrogen-bond donors (Lipinski definition) is 0. The van der Waals surface area contributed by atoms with E-state index < -0.39 is 0 Å². The molecule has 2 aliphatic rings. The van der Waals surface area contributed by atoms with Gasteiger partial charge in [-0.05, 0) is 49.1 Å². The third kappa shape index (κ3) is 2.02. The lowest BCUT2D eigenvalue weighted by Crippen LogP contribution is -2.32. The molecule has 1 aromatic rings. The Kier molecular flexibility index (Phi) is 3.19. The number of fused-ring (bicyclic) bond motifs is 2. The van der Waals surface area contributed by atoms with E-state index in [1.54, 1.807) is 6.07 Å². The topological polar surface area (TPSA) is 38.7 Å². The summed E-state index contributed by atoms with van der Waals surface area (Å²) < 4.78 is 0. The molecule has 3 nitrogen and oxygen atoms in total. The maximum atomic E-state index is 12.2. The van der Waals surface area contributed by atoms with Gasteiger partial charge in [0.25, 0.3) is 0 Å². The highest BCUT2D eigenvalue weighted by Crippen LogP contribution is 2.63. The normalized spacial score (nSPS) is 31.6. The fourth-order valence-electron chi connectivity index (χ4n) is 4.01. The molecular formula is C18H23NO2. The average molecular weight is 285 g/mol. The third-order valence-corrected chi connectivity index (χ3v) is 6.12. The zero-order valence-corrected chi connectivity index (χ0v) is 13.3. The van der Waals surface area contributed by atoms with Crippen molar-refractivity contribution in [2.45, 2.75) is 47.0 Å². The first-order valence-electron chi connectivity index (χ1n) is 7.70. The van der Waals surface area contributed by atoms with Crippen molar-refractivity contribution in [3.8, 4) is 0 Å². The van der Waals surface area contributed by atoms with Crippen LogP contribution in [0.2, 0.25) is 0 Å². The van der Waals surface area contributed by atoms with Gasteiger partial charge in [-0.25, -0.2) is 4.79 Å². The first-order valence-corrected chi connectivity index (χ1v) is 7.70. The third-order valence-electron chi connectivity index (χ3n) is 6.12. The molecule has 2 atom stereocenters. The smallest absolute Gasteiger partial charge is 0.313 e. The second kappa shape index (κ2) is 4.69. The van der Waals surface area contributed by atoms with Gasteiger partial charge >= 0.3 is 5.97 Å². The second-order valence-electron chi connectivity index (χ2n) is 7.23. The molecular weight excluding hydrogens is 262 g/mol. The first-order chi connectivity index (χ1) is 9.86. The predicted octanol–water partition coefficient (Wildman–Crippen LogP) is 4.35. The molecule has 0 aliphatic heterocycles. The summed E-state index contributed by atoms with van der Waals surface area (Å²) in [5.74, 6) is 0.309. The summed E-state index contributed by atoms with van der Waals surface area (Å²) in [4.78, 5) is 17.4. The van der Waals surface area contributed by atoms with Crippen molar-refractivity contribution >= 4 is 11.7 Å². The number of nitrogens with zero attached hydrogens (tertiary/aromatic N) is 1. The lowest BCUT2D eigenvalue weighted by molar-refractivity contribution is 0.0507. The van der Waals surface area contributed by atoms with Crippen molar-refractivity contribution < 1.29 is 9.63 Å². The minimum Gasteiger partial charge on any atom is -0.313 e. The number of carbonyl (C=O) groups excluding carboxylic acids is 1. The highest BCUT2D eigenvalue weighted by molar-refractivity contribution is 5.96. The number of aryl methyl sites for hydroxylation is 1. The molecule has 2 saturated carbocycles. The minimum atomic E-state index is -0.357. The Morgan fingerprint density at radius 3 is 2.57 bits per heavy atom. The van der Waals surface area contributed by atoms with E-state index in [1.807, 2.05) is 25.1 Å². The maximum absolute atomic E-state index is 12.2. The molecule has 0 heterocycles. The van der Waals surface area contributed by atoms with Crippen molar-refractivity contribution in [1.29, 1.82) is 0 Å². The quantitative estimate of drug-likeness (QED) is 0.598. The summed E-state index contributed by atoms with van der Waals surface area (Å²) in [5.41, 5.74) is 2.90. The van der Waals surface area contributed by atoms with E-state index in [0.29, 0.717) is 11.5 Å². The van der Waals surface area contributed by atoms with Gasteiger partial charge in [-0.2, -0.15) is 0 Å². The summed E-state index contributed by atoms with van der Waals surface area (Å²) in [7, 11) is 0. The molecule has 0 saturated heterocycles. The Hall–Kier alpha value is -1.64. The number of benzene rings is 1. The summed E-state index contributed by atoms with van der Waals surface area (Å²) in [6.45, 7) is 8.80. The van der Waals surface area contributed by atoms with Crippen molar-refractivity contribution in [1.82, 2.24) is 0 Å². The summed E-state index contributed by atoms with van der Waals surface area (Å²) in [6, 6.07) is 7.45. The Balaban J connectivity index is 1.79. The SMILES string of the molecule is Cc1ccccc1C(=O)ON=C1CC2CCC1(C)C2(C)C.